The summed E-state index contributed by atoms with van der Waals surface area (Å²) in [6.45, 7) is 0.959. The number of hydrogen-bond donors (Lipinski definition) is 4. The van der Waals surface area contributed by atoms with Crippen molar-refractivity contribution < 1.29 is 24.5 Å². The van der Waals surface area contributed by atoms with Crippen LogP contribution in [0.1, 0.15) is 11.8 Å². The van der Waals surface area contributed by atoms with E-state index in [1.165, 1.54) is 20.2 Å². The topological polar surface area (TPSA) is 143 Å². The number of carbonyl (C=O) groups is 1. The molecule has 1 aliphatic rings. The van der Waals surface area contributed by atoms with Gasteiger partial charge in [-0.15, -0.1) is 0 Å². The molecular weight excluding hydrogens is 298 g/mol. The first-order valence-corrected chi connectivity index (χ1v) is 6.53. The lowest BCUT2D eigenvalue weighted by molar-refractivity contribution is -0.0569. The Morgan fingerprint density at radius 1 is 1.55 bits per heavy atom. The molecule has 122 valence electrons. The van der Waals surface area contributed by atoms with E-state index in [1.807, 2.05) is 0 Å². The zero-order chi connectivity index (χ0) is 16.4. The number of hydrogen-bond acceptors (Lipinski definition) is 7. The molecule has 0 aromatic carbocycles. The monoisotopic (exact) mass is 315 g/mol. The van der Waals surface area contributed by atoms with Gasteiger partial charge in [-0.2, -0.15) is 0 Å². The molecule has 1 saturated heterocycles. The van der Waals surface area contributed by atoms with Crippen LogP contribution in [-0.2, 0) is 9.47 Å². The van der Waals surface area contributed by atoms with Gasteiger partial charge in [-0.25, -0.2) is 9.59 Å². The summed E-state index contributed by atoms with van der Waals surface area (Å²) >= 11 is 0. The molecule has 0 spiro atoms. The zero-order valence-electron chi connectivity index (χ0n) is 12.0. The Morgan fingerprint density at radius 2 is 2.23 bits per heavy atom. The number of aliphatic hydroxyl groups is 2. The first-order valence-electron chi connectivity index (χ1n) is 6.53. The maximum absolute atomic E-state index is 11.9. The average molecular weight is 315 g/mol. The number of amides is 1. The number of nitrogens with zero attached hydrogens (tertiary/aromatic N) is 1. The predicted molar refractivity (Wildman–Crippen MR) is 72.4 cm³/mol. The van der Waals surface area contributed by atoms with Gasteiger partial charge in [-0.1, -0.05) is 0 Å². The minimum absolute atomic E-state index is 0.240. The SMILES string of the molecule is CNC(=O)O[C@@H]1[C@H](O)[C@@H](CO)O[C@H]1n1cc(C)c(=O)[nH]c1=O. The van der Waals surface area contributed by atoms with Crippen LogP contribution in [0.25, 0.3) is 0 Å². The lowest BCUT2D eigenvalue weighted by atomic mass is 10.1. The Hall–Kier alpha value is -2.17. The summed E-state index contributed by atoms with van der Waals surface area (Å²) in [7, 11) is 1.33. The van der Waals surface area contributed by atoms with Crippen molar-refractivity contribution in [3.05, 3.63) is 32.6 Å². The fraction of sp³-hybridized carbons (Fsp3) is 0.583. The van der Waals surface area contributed by atoms with Crippen LogP contribution in [0.3, 0.4) is 0 Å². The summed E-state index contributed by atoms with van der Waals surface area (Å²) in [6, 6.07) is 0. The first-order chi connectivity index (χ1) is 10.4. The van der Waals surface area contributed by atoms with E-state index < -0.39 is 48.5 Å². The molecule has 0 bridgehead atoms. The maximum atomic E-state index is 11.9. The van der Waals surface area contributed by atoms with Gasteiger partial charge >= 0.3 is 11.8 Å². The highest BCUT2D eigenvalue weighted by molar-refractivity contribution is 5.67. The van der Waals surface area contributed by atoms with E-state index in [2.05, 4.69) is 10.3 Å². The summed E-state index contributed by atoms with van der Waals surface area (Å²) in [5, 5.41) is 21.5. The minimum Gasteiger partial charge on any atom is -0.439 e. The van der Waals surface area contributed by atoms with Crippen molar-refractivity contribution in [2.75, 3.05) is 13.7 Å². The molecule has 2 heterocycles. The second kappa shape index (κ2) is 6.30. The third-order valence-electron chi connectivity index (χ3n) is 3.36. The molecule has 2 rings (SSSR count). The van der Waals surface area contributed by atoms with E-state index in [0.717, 1.165) is 4.57 Å². The third-order valence-corrected chi connectivity index (χ3v) is 3.36. The van der Waals surface area contributed by atoms with Gasteiger partial charge in [0.05, 0.1) is 6.61 Å². The van der Waals surface area contributed by atoms with E-state index >= 15 is 0 Å². The molecule has 10 nitrogen and oxygen atoms in total. The van der Waals surface area contributed by atoms with Crippen LogP contribution >= 0.6 is 0 Å². The van der Waals surface area contributed by atoms with Crippen LogP contribution in [0, 0.1) is 6.92 Å². The second-order valence-corrected chi connectivity index (χ2v) is 4.84. The van der Waals surface area contributed by atoms with E-state index in [9.17, 15) is 24.6 Å². The summed E-state index contributed by atoms with van der Waals surface area (Å²) < 4.78 is 11.4. The summed E-state index contributed by atoms with van der Waals surface area (Å²) in [5.41, 5.74) is -1.09. The lowest BCUT2D eigenvalue weighted by Crippen LogP contribution is -2.42. The Kier molecular flexibility index (Phi) is 4.64. The van der Waals surface area contributed by atoms with Crippen molar-refractivity contribution in [3.8, 4) is 0 Å². The van der Waals surface area contributed by atoms with Crippen molar-refractivity contribution in [2.24, 2.45) is 0 Å². The molecule has 1 aliphatic heterocycles. The smallest absolute Gasteiger partial charge is 0.407 e. The van der Waals surface area contributed by atoms with Gasteiger partial charge in [-0.05, 0) is 6.92 Å². The lowest BCUT2D eigenvalue weighted by Gasteiger charge is -2.22. The number of rotatable bonds is 3. The molecular formula is C12H17N3O7. The first kappa shape index (κ1) is 16.2. The fourth-order valence-corrected chi connectivity index (χ4v) is 2.18. The molecule has 10 heteroatoms. The van der Waals surface area contributed by atoms with Gasteiger partial charge in [-0.3, -0.25) is 14.3 Å². The second-order valence-electron chi connectivity index (χ2n) is 4.84. The van der Waals surface area contributed by atoms with Crippen LogP contribution in [0.5, 0.6) is 0 Å². The number of aromatic nitrogens is 2. The van der Waals surface area contributed by atoms with Gasteiger partial charge in [0.25, 0.3) is 5.56 Å². The van der Waals surface area contributed by atoms with Crippen LogP contribution in [-0.4, -0.2) is 57.8 Å². The molecule has 1 fully saturated rings. The Labute approximate surface area is 124 Å². The van der Waals surface area contributed by atoms with Gasteiger partial charge in [0, 0.05) is 18.8 Å². The maximum Gasteiger partial charge on any atom is 0.407 e. The highest BCUT2D eigenvalue weighted by atomic mass is 16.6. The molecule has 4 atom stereocenters. The van der Waals surface area contributed by atoms with E-state index in [-0.39, 0.29) is 5.56 Å². The quantitative estimate of drug-likeness (QED) is 0.496. The van der Waals surface area contributed by atoms with Crippen LogP contribution < -0.4 is 16.6 Å². The number of aliphatic hydroxyl groups excluding tert-OH is 2. The minimum atomic E-state index is -1.33. The van der Waals surface area contributed by atoms with Gasteiger partial charge in [0.1, 0.15) is 12.2 Å². The fourth-order valence-electron chi connectivity index (χ4n) is 2.18. The van der Waals surface area contributed by atoms with Crippen molar-refractivity contribution in [2.45, 2.75) is 31.5 Å². The molecule has 1 aromatic rings. The van der Waals surface area contributed by atoms with Crippen LogP contribution in [0.2, 0.25) is 0 Å². The molecule has 1 aromatic heterocycles. The molecule has 0 saturated carbocycles. The molecule has 0 aliphatic carbocycles. The third kappa shape index (κ3) is 2.89. The Bertz CT molecular complexity index is 667. The van der Waals surface area contributed by atoms with E-state index in [1.54, 1.807) is 0 Å². The number of carbonyl (C=O) groups excluding carboxylic acids is 1. The highest BCUT2D eigenvalue weighted by Gasteiger charge is 2.47. The predicted octanol–water partition coefficient (Wildman–Crippen LogP) is -2.18. The van der Waals surface area contributed by atoms with Gasteiger partial charge < -0.3 is 25.0 Å². The normalized spacial score (nSPS) is 27.6. The summed E-state index contributed by atoms with van der Waals surface area (Å²) in [6.07, 6.45) is -4.35. The van der Waals surface area contributed by atoms with Gasteiger partial charge in [0.15, 0.2) is 12.3 Å². The summed E-state index contributed by atoms with van der Waals surface area (Å²) in [4.78, 5) is 36.8. The molecule has 4 N–H and O–H groups in total. The molecule has 0 unspecified atom stereocenters. The van der Waals surface area contributed by atoms with E-state index in [0.29, 0.717) is 0 Å². The standard InChI is InChI=1S/C12H17N3O7/c1-5-3-15(11(19)14-9(5)18)10-8(22-12(20)13-2)7(17)6(4-16)21-10/h3,6-8,10,16-17H,4H2,1-2H3,(H,13,20)(H,14,18,19)/t6-,7-,8-,10-/m1/s1. The largest absolute Gasteiger partial charge is 0.439 e. The van der Waals surface area contributed by atoms with Crippen molar-refractivity contribution >= 4 is 6.09 Å². The average Bonchev–Trinajstić information content (AvgIpc) is 2.79. The number of ether oxygens (including phenoxy) is 2. The number of aryl methyl sites for hydroxylation is 1. The number of alkyl carbamates (subject to hydrolysis) is 1. The number of H-pyrrole nitrogens is 1. The number of nitrogens with one attached hydrogen (secondary N) is 2. The van der Waals surface area contributed by atoms with E-state index in [4.69, 9.17) is 9.47 Å². The highest BCUT2D eigenvalue weighted by Crippen LogP contribution is 2.30. The van der Waals surface area contributed by atoms with Crippen molar-refractivity contribution in [3.63, 3.8) is 0 Å². The van der Waals surface area contributed by atoms with Crippen LogP contribution in [0.4, 0.5) is 4.79 Å². The molecule has 0 radical (unpaired) electrons. The van der Waals surface area contributed by atoms with Crippen molar-refractivity contribution in [1.29, 1.82) is 0 Å². The Morgan fingerprint density at radius 3 is 2.82 bits per heavy atom. The number of aromatic amines is 1. The zero-order valence-corrected chi connectivity index (χ0v) is 12.0. The van der Waals surface area contributed by atoms with Crippen molar-refractivity contribution in [1.82, 2.24) is 14.9 Å². The van der Waals surface area contributed by atoms with Crippen LogP contribution in [0.15, 0.2) is 15.8 Å². The van der Waals surface area contributed by atoms with Gasteiger partial charge in [0.2, 0.25) is 0 Å². The molecule has 22 heavy (non-hydrogen) atoms. The summed E-state index contributed by atoms with van der Waals surface area (Å²) in [5.74, 6) is 0. The Balaban J connectivity index is 2.42. The molecule has 1 amide bonds.